The van der Waals surface area contributed by atoms with E-state index in [1.807, 2.05) is 20.8 Å². The van der Waals surface area contributed by atoms with Crippen LogP contribution in [0.1, 0.15) is 27.2 Å². The molecule has 1 fully saturated rings. The van der Waals surface area contributed by atoms with Crippen LogP contribution in [0.25, 0.3) is 0 Å². The molecule has 4 heteroatoms. The number of rotatable bonds is 2. The molecule has 0 N–H and O–H groups in total. The minimum absolute atomic E-state index is 0.0514. The Balaban J connectivity index is 2.98. The van der Waals surface area contributed by atoms with Gasteiger partial charge in [0.05, 0.1) is 23.0 Å². The van der Waals surface area contributed by atoms with Gasteiger partial charge in [0.2, 0.25) is 0 Å². The molecule has 0 aromatic heterocycles. The first kappa shape index (κ1) is 11.5. The first-order valence-electron chi connectivity index (χ1n) is 4.95. The normalized spacial score (nSPS) is 32.8. The first-order chi connectivity index (χ1) is 6.33. The lowest BCUT2D eigenvalue weighted by Crippen LogP contribution is -2.31. The predicted molar refractivity (Wildman–Crippen MR) is 55.3 cm³/mol. The van der Waals surface area contributed by atoms with Crippen molar-refractivity contribution in [3.63, 3.8) is 0 Å². The van der Waals surface area contributed by atoms with Crippen molar-refractivity contribution < 1.29 is 8.42 Å². The number of nitriles is 1. The highest BCUT2D eigenvalue weighted by Crippen LogP contribution is 2.41. The van der Waals surface area contributed by atoms with Crippen molar-refractivity contribution in [2.75, 3.05) is 11.5 Å². The summed E-state index contributed by atoms with van der Waals surface area (Å²) in [5.41, 5.74) is -0.632. The molecule has 0 aliphatic carbocycles. The fourth-order valence-electron chi connectivity index (χ4n) is 2.06. The van der Waals surface area contributed by atoms with Gasteiger partial charge in [-0.2, -0.15) is 5.26 Å². The van der Waals surface area contributed by atoms with E-state index in [2.05, 4.69) is 6.07 Å². The maximum absolute atomic E-state index is 11.4. The Labute approximate surface area is 86.0 Å². The van der Waals surface area contributed by atoms with E-state index in [0.717, 1.165) is 0 Å². The zero-order chi connectivity index (χ0) is 11.0. The van der Waals surface area contributed by atoms with E-state index in [1.165, 1.54) is 0 Å². The largest absolute Gasteiger partial charge is 0.229 e. The third-order valence-corrected chi connectivity index (χ3v) is 5.21. The van der Waals surface area contributed by atoms with Crippen molar-refractivity contribution in [3.05, 3.63) is 0 Å². The van der Waals surface area contributed by atoms with Gasteiger partial charge in [0, 0.05) is 0 Å². The third-order valence-electron chi connectivity index (χ3n) is 3.43. The fourth-order valence-corrected chi connectivity index (χ4v) is 4.14. The van der Waals surface area contributed by atoms with Crippen molar-refractivity contribution in [3.8, 4) is 6.07 Å². The zero-order valence-corrected chi connectivity index (χ0v) is 9.76. The van der Waals surface area contributed by atoms with Crippen molar-refractivity contribution in [2.24, 2.45) is 17.3 Å². The van der Waals surface area contributed by atoms with Gasteiger partial charge in [-0.05, 0) is 18.3 Å². The smallest absolute Gasteiger partial charge is 0.151 e. The molecule has 0 aromatic rings. The summed E-state index contributed by atoms with van der Waals surface area (Å²) in [5, 5.41) is 9.15. The number of sulfone groups is 1. The quantitative estimate of drug-likeness (QED) is 0.703. The molecule has 1 heterocycles. The van der Waals surface area contributed by atoms with Gasteiger partial charge in [0.15, 0.2) is 9.84 Å². The van der Waals surface area contributed by atoms with Gasteiger partial charge in [0.25, 0.3) is 0 Å². The topological polar surface area (TPSA) is 57.9 Å². The van der Waals surface area contributed by atoms with E-state index in [0.29, 0.717) is 12.3 Å². The van der Waals surface area contributed by atoms with E-state index in [-0.39, 0.29) is 17.4 Å². The van der Waals surface area contributed by atoms with E-state index in [9.17, 15) is 8.42 Å². The number of hydrogen-bond acceptors (Lipinski definition) is 3. The molecule has 1 saturated heterocycles. The molecule has 0 spiro atoms. The zero-order valence-electron chi connectivity index (χ0n) is 8.95. The van der Waals surface area contributed by atoms with E-state index in [1.54, 1.807) is 0 Å². The Kier molecular flexibility index (Phi) is 2.91. The molecule has 2 atom stereocenters. The molecule has 1 aliphatic heterocycles. The Bertz CT molecular complexity index is 353. The minimum atomic E-state index is -2.97. The Morgan fingerprint density at radius 2 is 1.93 bits per heavy atom. The number of nitrogens with zero attached hydrogens (tertiary/aromatic N) is 1. The van der Waals surface area contributed by atoms with Gasteiger partial charge >= 0.3 is 0 Å². The molecule has 0 aromatic carbocycles. The molecule has 14 heavy (non-hydrogen) atoms. The Hall–Kier alpha value is -0.560. The van der Waals surface area contributed by atoms with Gasteiger partial charge in [-0.1, -0.05) is 20.8 Å². The first-order valence-corrected chi connectivity index (χ1v) is 6.77. The van der Waals surface area contributed by atoms with Crippen LogP contribution < -0.4 is 0 Å². The van der Waals surface area contributed by atoms with Crippen molar-refractivity contribution in [1.29, 1.82) is 5.26 Å². The summed E-state index contributed by atoms with van der Waals surface area (Å²) >= 11 is 0. The van der Waals surface area contributed by atoms with Gasteiger partial charge in [-0.15, -0.1) is 0 Å². The van der Waals surface area contributed by atoms with Crippen molar-refractivity contribution in [2.45, 2.75) is 27.2 Å². The second-order valence-corrected chi connectivity index (χ2v) is 6.83. The molecular formula is C10H17NO2S. The van der Waals surface area contributed by atoms with Gasteiger partial charge in [-0.25, -0.2) is 8.42 Å². The monoisotopic (exact) mass is 215 g/mol. The lowest BCUT2D eigenvalue weighted by atomic mass is 9.72. The van der Waals surface area contributed by atoms with Crippen LogP contribution in [-0.4, -0.2) is 19.9 Å². The Morgan fingerprint density at radius 1 is 1.36 bits per heavy atom. The van der Waals surface area contributed by atoms with Gasteiger partial charge in [-0.3, -0.25) is 0 Å². The molecule has 0 bridgehead atoms. The lowest BCUT2D eigenvalue weighted by molar-refractivity contribution is 0.226. The fraction of sp³-hybridized carbons (Fsp3) is 0.900. The van der Waals surface area contributed by atoms with Crippen LogP contribution in [0.5, 0.6) is 0 Å². The van der Waals surface area contributed by atoms with Gasteiger partial charge in [0.1, 0.15) is 0 Å². The molecule has 3 nitrogen and oxygen atoms in total. The van der Waals surface area contributed by atoms with Gasteiger partial charge < -0.3 is 0 Å². The summed E-state index contributed by atoms with van der Waals surface area (Å²) in [4.78, 5) is 0. The van der Waals surface area contributed by atoms with E-state index < -0.39 is 15.3 Å². The van der Waals surface area contributed by atoms with Crippen LogP contribution in [0, 0.1) is 28.6 Å². The van der Waals surface area contributed by atoms with E-state index >= 15 is 0 Å². The molecule has 1 aliphatic rings. The SMILES string of the molecule is CC(C)C(C)C1(C#N)CCS(=O)(=O)C1. The average Bonchev–Trinajstić information content (AvgIpc) is 2.41. The summed E-state index contributed by atoms with van der Waals surface area (Å²) in [7, 11) is -2.97. The van der Waals surface area contributed by atoms with Crippen molar-refractivity contribution in [1.82, 2.24) is 0 Å². The summed E-state index contributed by atoms with van der Waals surface area (Å²) in [5.74, 6) is 0.723. The summed E-state index contributed by atoms with van der Waals surface area (Å²) in [6, 6.07) is 2.23. The van der Waals surface area contributed by atoms with Crippen LogP contribution in [-0.2, 0) is 9.84 Å². The third kappa shape index (κ3) is 1.93. The average molecular weight is 215 g/mol. The molecular weight excluding hydrogens is 198 g/mol. The minimum Gasteiger partial charge on any atom is -0.229 e. The van der Waals surface area contributed by atoms with Crippen molar-refractivity contribution >= 4 is 9.84 Å². The Morgan fingerprint density at radius 3 is 2.21 bits per heavy atom. The van der Waals surface area contributed by atoms with E-state index in [4.69, 9.17) is 5.26 Å². The standard InChI is InChI=1S/C10H17NO2S/c1-8(2)9(3)10(6-11)4-5-14(12,13)7-10/h8-9H,4-5,7H2,1-3H3. The lowest BCUT2D eigenvalue weighted by Gasteiger charge is -2.29. The molecule has 2 unspecified atom stereocenters. The summed E-state index contributed by atoms with van der Waals surface area (Å²) < 4.78 is 22.8. The number of hydrogen-bond donors (Lipinski definition) is 0. The van der Waals surface area contributed by atoms with Crippen LogP contribution in [0.2, 0.25) is 0 Å². The summed E-state index contributed by atoms with van der Waals surface area (Å²) in [6.07, 6.45) is 0.505. The van der Waals surface area contributed by atoms with Crippen LogP contribution in [0.3, 0.4) is 0 Å². The molecule has 0 radical (unpaired) electrons. The maximum Gasteiger partial charge on any atom is 0.151 e. The molecule has 0 saturated carbocycles. The highest BCUT2D eigenvalue weighted by Gasteiger charge is 2.47. The highest BCUT2D eigenvalue weighted by molar-refractivity contribution is 7.91. The second-order valence-electron chi connectivity index (χ2n) is 4.64. The summed E-state index contributed by atoms with van der Waals surface area (Å²) in [6.45, 7) is 6.05. The molecule has 1 rings (SSSR count). The second kappa shape index (κ2) is 3.54. The van der Waals surface area contributed by atoms with Crippen LogP contribution in [0.15, 0.2) is 0 Å². The molecule has 0 amide bonds. The highest BCUT2D eigenvalue weighted by atomic mass is 32.2. The predicted octanol–water partition coefficient (Wildman–Crippen LogP) is 1.61. The maximum atomic E-state index is 11.4. The molecule has 80 valence electrons. The van der Waals surface area contributed by atoms with Crippen LogP contribution >= 0.6 is 0 Å². The van der Waals surface area contributed by atoms with Crippen LogP contribution in [0.4, 0.5) is 0 Å².